The summed E-state index contributed by atoms with van der Waals surface area (Å²) in [6.07, 6.45) is 4.76. The number of thiocarbonyl (C=S) groups is 1. The van der Waals surface area contributed by atoms with Gasteiger partial charge in [0.25, 0.3) is 0 Å². The molecule has 1 aromatic rings. The number of ketones is 1. The Kier molecular flexibility index (Phi) is 2.37. The van der Waals surface area contributed by atoms with E-state index in [9.17, 15) is 4.79 Å². The van der Waals surface area contributed by atoms with Crippen molar-refractivity contribution in [3.63, 3.8) is 0 Å². The van der Waals surface area contributed by atoms with Gasteiger partial charge in [0.1, 0.15) is 0 Å². The van der Waals surface area contributed by atoms with Gasteiger partial charge in [0.2, 0.25) is 0 Å². The van der Waals surface area contributed by atoms with Crippen molar-refractivity contribution in [1.82, 2.24) is 0 Å². The summed E-state index contributed by atoms with van der Waals surface area (Å²) in [6, 6.07) is 9.70. The number of hydrogen-bond acceptors (Lipinski definition) is 2. The Morgan fingerprint density at radius 1 is 1.00 bits per heavy atom. The molecule has 1 nitrogen and oxygen atoms in total. The van der Waals surface area contributed by atoms with Gasteiger partial charge in [0, 0.05) is 10.4 Å². The lowest BCUT2D eigenvalue weighted by molar-refractivity contribution is -0.110. The van der Waals surface area contributed by atoms with Crippen molar-refractivity contribution >= 4 is 28.4 Å². The van der Waals surface area contributed by atoms with Gasteiger partial charge in [0.15, 0.2) is 5.78 Å². The molecule has 1 aliphatic carbocycles. The highest BCUT2D eigenvalue weighted by atomic mass is 32.1. The molecule has 0 bridgehead atoms. The highest BCUT2D eigenvalue weighted by molar-refractivity contribution is 7.81. The van der Waals surface area contributed by atoms with Gasteiger partial charge in [-0.25, -0.2) is 0 Å². The molecule has 68 valence electrons. The summed E-state index contributed by atoms with van der Waals surface area (Å²) in [5.74, 6) is -0.00236. The molecular formula is C12H8OS. The van der Waals surface area contributed by atoms with Gasteiger partial charge in [0.05, 0.1) is 0 Å². The number of benzene rings is 1. The molecule has 2 rings (SSSR count). The summed E-state index contributed by atoms with van der Waals surface area (Å²) in [5, 5.41) is 0. The van der Waals surface area contributed by atoms with E-state index >= 15 is 0 Å². The normalized spacial score (nSPS) is 15.6. The first-order valence-electron chi connectivity index (χ1n) is 4.31. The molecular weight excluding hydrogens is 192 g/mol. The van der Waals surface area contributed by atoms with Crippen molar-refractivity contribution in [2.45, 2.75) is 0 Å². The first-order chi connectivity index (χ1) is 6.77. The zero-order chi connectivity index (χ0) is 9.97. The number of carbonyl (C=O) groups excluding carboxylic acids is 1. The van der Waals surface area contributed by atoms with Gasteiger partial charge in [-0.3, -0.25) is 4.79 Å². The first kappa shape index (κ1) is 9.03. The van der Waals surface area contributed by atoms with Crippen LogP contribution in [0.4, 0.5) is 0 Å². The van der Waals surface area contributed by atoms with Gasteiger partial charge < -0.3 is 0 Å². The Morgan fingerprint density at radius 3 is 2.43 bits per heavy atom. The third-order valence-corrected chi connectivity index (χ3v) is 2.39. The Hall–Kier alpha value is -1.54. The summed E-state index contributed by atoms with van der Waals surface area (Å²) >= 11 is 5.15. The average Bonchev–Trinajstić information content (AvgIpc) is 2.23. The largest absolute Gasteiger partial charge is 0.290 e. The van der Waals surface area contributed by atoms with Crippen LogP contribution in [0.1, 0.15) is 5.56 Å². The second-order valence-electron chi connectivity index (χ2n) is 3.02. The van der Waals surface area contributed by atoms with Crippen LogP contribution in [0.15, 0.2) is 48.6 Å². The second kappa shape index (κ2) is 3.68. The molecule has 0 fully saturated rings. The molecule has 0 N–H and O–H groups in total. The van der Waals surface area contributed by atoms with Gasteiger partial charge in [-0.2, -0.15) is 0 Å². The van der Waals surface area contributed by atoms with Gasteiger partial charge in [-0.1, -0.05) is 42.5 Å². The molecule has 0 saturated carbocycles. The van der Waals surface area contributed by atoms with E-state index in [1.807, 2.05) is 30.3 Å². The van der Waals surface area contributed by atoms with E-state index in [2.05, 4.69) is 0 Å². The van der Waals surface area contributed by atoms with E-state index in [1.165, 1.54) is 6.08 Å². The van der Waals surface area contributed by atoms with Crippen LogP contribution in [0.25, 0.3) is 5.57 Å². The SMILES string of the molecule is O=C1C=CC(=S)C(c2ccccc2)=C1. The number of rotatable bonds is 1. The lowest BCUT2D eigenvalue weighted by Gasteiger charge is -2.08. The summed E-state index contributed by atoms with van der Waals surface area (Å²) < 4.78 is 0. The van der Waals surface area contributed by atoms with E-state index in [0.717, 1.165) is 16.0 Å². The molecule has 0 unspecified atom stereocenters. The molecule has 0 spiro atoms. The maximum atomic E-state index is 11.2. The van der Waals surface area contributed by atoms with Crippen molar-refractivity contribution in [3.05, 3.63) is 54.1 Å². The maximum absolute atomic E-state index is 11.2. The van der Waals surface area contributed by atoms with Crippen LogP contribution in [0, 0.1) is 0 Å². The lowest BCUT2D eigenvalue weighted by atomic mass is 9.97. The standard InChI is InChI=1S/C12H8OS/c13-10-6-7-12(14)11(8-10)9-4-2-1-3-5-9/h1-8H. The minimum atomic E-state index is -0.00236. The number of carbonyl (C=O) groups is 1. The van der Waals surface area contributed by atoms with Crippen molar-refractivity contribution in [3.8, 4) is 0 Å². The molecule has 0 aliphatic heterocycles. The van der Waals surface area contributed by atoms with E-state index in [1.54, 1.807) is 12.2 Å². The summed E-state index contributed by atoms with van der Waals surface area (Å²) in [7, 11) is 0. The van der Waals surface area contributed by atoms with Gasteiger partial charge in [-0.05, 0) is 23.8 Å². The summed E-state index contributed by atoms with van der Waals surface area (Å²) in [4.78, 5) is 11.9. The van der Waals surface area contributed by atoms with E-state index < -0.39 is 0 Å². The van der Waals surface area contributed by atoms with E-state index in [4.69, 9.17) is 12.2 Å². The average molecular weight is 200 g/mol. The fourth-order valence-corrected chi connectivity index (χ4v) is 1.60. The molecule has 0 aromatic heterocycles. The molecule has 2 heteroatoms. The summed E-state index contributed by atoms with van der Waals surface area (Å²) in [5.41, 5.74) is 1.84. The van der Waals surface area contributed by atoms with Gasteiger partial charge in [-0.15, -0.1) is 0 Å². The van der Waals surface area contributed by atoms with Crippen molar-refractivity contribution < 1.29 is 4.79 Å². The van der Waals surface area contributed by atoms with Crippen LogP contribution in [0.2, 0.25) is 0 Å². The summed E-state index contributed by atoms with van der Waals surface area (Å²) in [6.45, 7) is 0. The van der Waals surface area contributed by atoms with E-state index in [0.29, 0.717) is 0 Å². The zero-order valence-corrected chi connectivity index (χ0v) is 8.25. The van der Waals surface area contributed by atoms with Crippen molar-refractivity contribution in [2.24, 2.45) is 0 Å². The smallest absolute Gasteiger partial charge is 0.179 e. The quantitative estimate of drug-likeness (QED) is 0.648. The van der Waals surface area contributed by atoms with E-state index in [-0.39, 0.29) is 5.78 Å². The second-order valence-corrected chi connectivity index (χ2v) is 3.46. The highest BCUT2D eigenvalue weighted by Gasteiger charge is 2.10. The molecule has 0 amide bonds. The minimum absolute atomic E-state index is 0.00236. The highest BCUT2D eigenvalue weighted by Crippen LogP contribution is 2.19. The molecule has 14 heavy (non-hydrogen) atoms. The van der Waals surface area contributed by atoms with Crippen LogP contribution in [0.3, 0.4) is 0 Å². The first-order valence-corrected chi connectivity index (χ1v) is 4.72. The molecule has 0 heterocycles. The minimum Gasteiger partial charge on any atom is -0.290 e. The monoisotopic (exact) mass is 200 g/mol. The molecule has 1 aromatic carbocycles. The van der Waals surface area contributed by atoms with Crippen molar-refractivity contribution in [2.75, 3.05) is 0 Å². The lowest BCUT2D eigenvalue weighted by Crippen LogP contribution is -2.04. The Balaban J connectivity index is 2.45. The van der Waals surface area contributed by atoms with Crippen LogP contribution in [-0.4, -0.2) is 10.6 Å². The van der Waals surface area contributed by atoms with Crippen LogP contribution in [-0.2, 0) is 4.79 Å². The zero-order valence-electron chi connectivity index (χ0n) is 7.44. The fourth-order valence-electron chi connectivity index (χ4n) is 1.35. The predicted molar refractivity (Wildman–Crippen MR) is 61.2 cm³/mol. The third kappa shape index (κ3) is 1.70. The Bertz CT molecular complexity index is 441. The number of allylic oxidation sites excluding steroid dienone is 4. The Morgan fingerprint density at radius 2 is 1.71 bits per heavy atom. The topological polar surface area (TPSA) is 17.1 Å². The molecule has 0 saturated heterocycles. The van der Waals surface area contributed by atoms with Crippen LogP contribution in [0.5, 0.6) is 0 Å². The Labute approximate surface area is 87.8 Å². The molecule has 0 atom stereocenters. The van der Waals surface area contributed by atoms with Crippen LogP contribution < -0.4 is 0 Å². The van der Waals surface area contributed by atoms with Gasteiger partial charge >= 0.3 is 0 Å². The molecule has 0 radical (unpaired) electrons. The fraction of sp³-hybridized carbons (Fsp3) is 0. The van der Waals surface area contributed by atoms with Crippen molar-refractivity contribution in [1.29, 1.82) is 0 Å². The third-order valence-electron chi connectivity index (χ3n) is 2.04. The predicted octanol–water partition coefficient (Wildman–Crippen LogP) is 2.58. The van der Waals surface area contributed by atoms with Crippen LogP contribution >= 0.6 is 12.2 Å². The number of hydrogen-bond donors (Lipinski definition) is 0. The molecule has 1 aliphatic rings. The maximum Gasteiger partial charge on any atom is 0.179 e.